The molecule has 7 heteroatoms. The van der Waals surface area contributed by atoms with Gasteiger partial charge in [0.25, 0.3) is 0 Å². The Morgan fingerprint density at radius 3 is 2.47 bits per heavy atom. The number of guanidine groups is 1. The Balaban J connectivity index is 1.56. The molecule has 0 spiro atoms. The monoisotopic (exact) mass is 407 g/mol. The third-order valence-electron chi connectivity index (χ3n) is 4.82. The first-order valence-corrected chi connectivity index (χ1v) is 9.85. The van der Waals surface area contributed by atoms with Crippen molar-refractivity contribution in [1.29, 1.82) is 0 Å². The van der Waals surface area contributed by atoms with Crippen LogP contribution >= 0.6 is 0 Å². The lowest BCUT2D eigenvalue weighted by Gasteiger charge is -2.26. The second-order valence-electron chi connectivity index (χ2n) is 7.07. The van der Waals surface area contributed by atoms with Crippen molar-refractivity contribution in [3.8, 4) is 17.2 Å². The molecular weight excluding hydrogens is 378 g/mol. The second kappa shape index (κ2) is 10.5. The number of hydrogen-bond donors (Lipinski definition) is 2. The molecule has 0 saturated carbocycles. The minimum Gasteiger partial charge on any atom is -0.497 e. The predicted octanol–water partition coefficient (Wildman–Crippen LogP) is 3.32. The van der Waals surface area contributed by atoms with E-state index in [0.717, 1.165) is 17.0 Å². The number of likely N-dealkylation sites (N-methyl/N-ethyl adjacent to an activating group) is 1. The van der Waals surface area contributed by atoms with Crippen LogP contribution in [0, 0.1) is 0 Å². The summed E-state index contributed by atoms with van der Waals surface area (Å²) in [4.78, 5) is 11.0. The normalized spacial score (nSPS) is 12.6. The first-order chi connectivity index (χ1) is 14.6. The molecule has 0 amide bonds. The summed E-state index contributed by atoms with van der Waals surface area (Å²) in [6, 6.07) is 18.2. The lowest BCUT2D eigenvalue weighted by Crippen LogP contribution is -2.41. The molecule has 1 atom stereocenters. The van der Waals surface area contributed by atoms with Gasteiger partial charge in [-0.2, -0.15) is 0 Å². The molecule has 30 heavy (non-hydrogen) atoms. The highest BCUT2D eigenvalue weighted by atomic mass is 16.5. The summed E-state index contributed by atoms with van der Waals surface area (Å²) in [5.41, 5.74) is 2.98. The molecule has 0 fully saturated rings. The highest BCUT2D eigenvalue weighted by Crippen LogP contribution is 2.21. The predicted molar refractivity (Wildman–Crippen MR) is 120 cm³/mol. The number of nitrogens with zero attached hydrogens (tertiary/aromatic N) is 3. The van der Waals surface area contributed by atoms with Crippen LogP contribution in [-0.4, -0.2) is 50.6 Å². The van der Waals surface area contributed by atoms with E-state index in [0.29, 0.717) is 24.9 Å². The Morgan fingerprint density at radius 2 is 1.83 bits per heavy atom. The van der Waals surface area contributed by atoms with Crippen LogP contribution in [0.5, 0.6) is 5.75 Å². The summed E-state index contributed by atoms with van der Waals surface area (Å²) in [6.07, 6.45) is 1.67. The topological polar surface area (TPSA) is 74.9 Å². The van der Waals surface area contributed by atoms with E-state index in [1.54, 1.807) is 20.4 Å². The van der Waals surface area contributed by atoms with Crippen LogP contribution in [0.2, 0.25) is 0 Å². The van der Waals surface area contributed by atoms with E-state index in [9.17, 15) is 0 Å². The summed E-state index contributed by atoms with van der Waals surface area (Å²) in [6.45, 7) is 1.22. The van der Waals surface area contributed by atoms with Crippen LogP contribution in [0.4, 0.5) is 0 Å². The molecule has 7 nitrogen and oxygen atoms in total. The van der Waals surface area contributed by atoms with E-state index in [4.69, 9.17) is 9.15 Å². The Kier molecular flexibility index (Phi) is 7.45. The lowest BCUT2D eigenvalue weighted by molar-refractivity contribution is 0.298. The van der Waals surface area contributed by atoms with E-state index in [2.05, 4.69) is 51.7 Å². The van der Waals surface area contributed by atoms with Crippen LogP contribution in [-0.2, 0) is 6.54 Å². The number of rotatable bonds is 8. The van der Waals surface area contributed by atoms with E-state index >= 15 is 0 Å². The number of aromatic nitrogens is 1. The Hall–Kier alpha value is -3.32. The quantitative estimate of drug-likeness (QED) is 0.441. The van der Waals surface area contributed by atoms with Gasteiger partial charge in [-0.25, -0.2) is 4.98 Å². The van der Waals surface area contributed by atoms with Crippen LogP contribution < -0.4 is 15.4 Å². The molecule has 1 unspecified atom stereocenters. The zero-order valence-corrected chi connectivity index (χ0v) is 17.9. The second-order valence-corrected chi connectivity index (χ2v) is 7.07. The number of benzene rings is 2. The summed E-state index contributed by atoms with van der Waals surface area (Å²) in [5, 5.41) is 6.69. The van der Waals surface area contributed by atoms with E-state index in [-0.39, 0.29) is 6.04 Å². The maximum absolute atomic E-state index is 5.59. The van der Waals surface area contributed by atoms with Crippen molar-refractivity contribution in [2.24, 2.45) is 4.99 Å². The van der Waals surface area contributed by atoms with Crippen LogP contribution in [0.15, 0.2) is 70.3 Å². The maximum atomic E-state index is 5.59. The van der Waals surface area contributed by atoms with Crippen molar-refractivity contribution < 1.29 is 9.15 Å². The molecule has 0 saturated heterocycles. The Labute approximate surface area is 177 Å². The zero-order chi connectivity index (χ0) is 21.3. The van der Waals surface area contributed by atoms with Gasteiger partial charge in [0.05, 0.1) is 25.4 Å². The Bertz CT molecular complexity index is 936. The molecular formula is C23H29N5O2. The molecule has 0 aliphatic heterocycles. The van der Waals surface area contributed by atoms with E-state index in [1.807, 2.05) is 42.5 Å². The molecule has 0 radical (unpaired) electrons. The van der Waals surface area contributed by atoms with Gasteiger partial charge in [-0.05, 0) is 43.9 Å². The van der Waals surface area contributed by atoms with Gasteiger partial charge in [0.1, 0.15) is 12.0 Å². The molecule has 3 aromatic rings. The average molecular weight is 408 g/mol. The van der Waals surface area contributed by atoms with E-state index in [1.165, 1.54) is 5.56 Å². The van der Waals surface area contributed by atoms with Gasteiger partial charge in [-0.15, -0.1) is 0 Å². The number of aliphatic imine (C=N–C) groups is 1. The molecule has 2 aromatic carbocycles. The fraction of sp³-hybridized carbons (Fsp3) is 0.304. The van der Waals surface area contributed by atoms with Gasteiger partial charge in [0, 0.05) is 19.2 Å². The Morgan fingerprint density at radius 1 is 1.10 bits per heavy atom. The van der Waals surface area contributed by atoms with Crippen LogP contribution in [0.25, 0.3) is 11.5 Å². The van der Waals surface area contributed by atoms with Gasteiger partial charge in [0.15, 0.2) is 5.96 Å². The van der Waals surface area contributed by atoms with Crippen molar-refractivity contribution in [1.82, 2.24) is 20.5 Å². The average Bonchev–Trinajstić information content (AvgIpc) is 3.26. The largest absolute Gasteiger partial charge is 0.497 e. The van der Waals surface area contributed by atoms with Crippen molar-refractivity contribution in [2.45, 2.75) is 12.6 Å². The highest BCUT2D eigenvalue weighted by Gasteiger charge is 2.15. The molecule has 0 bridgehead atoms. The number of hydrogen-bond acceptors (Lipinski definition) is 5. The van der Waals surface area contributed by atoms with Gasteiger partial charge in [-0.3, -0.25) is 4.99 Å². The fourth-order valence-corrected chi connectivity index (χ4v) is 3.11. The van der Waals surface area contributed by atoms with Gasteiger partial charge < -0.3 is 24.7 Å². The maximum Gasteiger partial charge on any atom is 0.226 e. The summed E-state index contributed by atoms with van der Waals surface area (Å²) in [7, 11) is 7.56. The molecule has 2 N–H and O–H groups in total. The van der Waals surface area contributed by atoms with Crippen molar-refractivity contribution in [3.05, 3.63) is 72.1 Å². The number of methoxy groups -OCH3 is 1. The standard InChI is InChI=1S/C23H29N5O2/c1-24-23(25-14-19-16-30-22(27-19)18-8-6-5-7-9-18)26-15-21(28(2)3)17-10-12-20(29-4)13-11-17/h5-13,16,21H,14-15H2,1-4H3,(H2,24,25,26). The summed E-state index contributed by atoms with van der Waals surface area (Å²) >= 11 is 0. The summed E-state index contributed by atoms with van der Waals surface area (Å²) in [5.74, 6) is 2.17. The van der Waals surface area contributed by atoms with Crippen LogP contribution in [0.1, 0.15) is 17.3 Å². The summed E-state index contributed by atoms with van der Waals surface area (Å²) < 4.78 is 10.9. The minimum absolute atomic E-state index is 0.186. The molecule has 1 heterocycles. The highest BCUT2D eigenvalue weighted by molar-refractivity contribution is 5.79. The fourth-order valence-electron chi connectivity index (χ4n) is 3.11. The van der Waals surface area contributed by atoms with Crippen LogP contribution in [0.3, 0.4) is 0 Å². The smallest absolute Gasteiger partial charge is 0.226 e. The van der Waals surface area contributed by atoms with E-state index < -0.39 is 0 Å². The molecule has 0 aliphatic carbocycles. The SMILES string of the molecule is CN=C(NCc1coc(-c2ccccc2)n1)NCC(c1ccc(OC)cc1)N(C)C. The third-order valence-corrected chi connectivity index (χ3v) is 4.82. The molecule has 158 valence electrons. The third kappa shape index (κ3) is 5.61. The van der Waals surface area contributed by atoms with Crippen molar-refractivity contribution in [2.75, 3.05) is 34.8 Å². The molecule has 1 aromatic heterocycles. The number of oxazole rings is 1. The first kappa shape index (κ1) is 21.4. The molecule has 0 aliphatic rings. The lowest BCUT2D eigenvalue weighted by atomic mass is 10.1. The first-order valence-electron chi connectivity index (χ1n) is 9.85. The number of nitrogens with one attached hydrogen (secondary N) is 2. The number of ether oxygens (including phenoxy) is 1. The van der Waals surface area contributed by atoms with Gasteiger partial charge in [-0.1, -0.05) is 30.3 Å². The zero-order valence-electron chi connectivity index (χ0n) is 17.9. The molecule has 3 rings (SSSR count). The van der Waals surface area contributed by atoms with Gasteiger partial charge >= 0.3 is 0 Å². The minimum atomic E-state index is 0.186. The van der Waals surface area contributed by atoms with Gasteiger partial charge in [0.2, 0.25) is 5.89 Å². The van der Waals surface area contributed by atoms with Crippen molar-refractivity contribution in [3.63, 3.8) is 0 Å². The van der Waals surface area contributed by atoms with Crippen molar-refractivity contribution >= 4 is 5.96 Å².